The minimum atomic E-state index is -4.70. The van der Waals surface area contributed by atoms with Crippen LogP contribution in [0.2, 0.25) is 0 Å². The van der Waals surface area contributed by atoms with Gasteiger partial charge in [0.15, 0.2) is 0 Å². The van der Waals surface area contributed by atoms with Crippen LogP contribution in [0.25, 0.3) is 11.0 Å². The van der Waals surface area contributed by atoms with Gasteiger partial charge in [-0.2, -0.15) is 17.5 Å². The molecular formula is C25H21F3N2O4S. The van der Waals surface area contributed by atoms with Crippen molar-refractivity contribution < 1.29 is 26.0 Å². The van der Waals surface area contributed by atoms with Gasteiger partial charge in [0.25, 0.3) is 0 Å². The van der Waals surface area contributed by atoms with E-state index in [1.165, 1.54) is 28.6 Å². The first kappa shape index (κ1) is 24.6. The van der Waals surface area contributed by atoms with Gasteiger partial charge >= 0.3 is 11.8 Å². The highest BCUT2D eigenvalue weighted by Crippen LogP contribution is 2.34. The lowest BCUT2D eigenvalue weighted by Gasteiger charge is -2.20. The van der Waals surface area contributed by atoms with Gasteiger partial charge in [-0.1, -0.05) is 25.1 Å². The van der Waals surface area contributed by atoms with Crippen molar-refractivity contribution in [3.05, 3.63) is 106 Å². The van der Waals surface area contributed by atoms with E-state index in [1.807, 2.05) is 0 Å². The molecule has 2 aromatic heterocycles. The second-order valence-corrected chi connectivity index (χ2v) is 9.85. The zero-order chi connectivity index (χ0) is 25.2. The molecule has 0 bridgehead atoms. The maximum atomic E-state index is 13.4. The summed E-state index contributed by atoms with van der Waals surface area (Å²) in [6.07, 6.45) is -1.24. The van der Waals surface area contributed by atoms with Crippen LogP contribution in [0.3, 0.4) is 0 Å². The smallest absolute Gasteiger partial charge is 0.417 e. The summed E-state index contributed by atoms with van der Waals surface area (Å²) in [6.45, 7) is 2.24. The number of halogens is 3. The summed E-state index contributed by atoms with van der Waals surface area (Å²) in [5.74, 6) is 0. The molecule has 0 N–H and O–H groups in total. The van der Waals surface area contributed by atoms with E-state index in [2.05, 4.69) is 4.98 Å². The number of hydrogen-bond donors (Lipinski definition) is 0. The zero-order valence-electron chi connectivity index (χ0n) is 18.6. The predicted octanol–water partition coefficient (Wildman–Crippen LogP) is 5.01. The van der Waals surface area contributed by atoms with Gasteiger partial charge in [0.05, 0.1) is 10.5 Å². The Bertz CT molecular complexity index is 1500. The van der Waals surface area contributed by atoms with E-state index in [9.17, 15) is 26.4 Å². The first-order valence-corrected chi connectivity index (χ1v) is 12.1. The maximum Gasteiger partial charge on any atom is 0.417 e. The van der Waals surface area contributed by atoms with Crippen LogP contribution in [0, 0.1) is 0 Å². The fraction of sp³-hybridized carbons (Fsp3) is 0.200. The third-order valence-corrected chi connectivity index (χ3v) is 7.48. The van der Waals surface area contributed by atoms with Crippen molar-refractivity contribution in [2.45, 2.75) is 31.0 Å². The minimum absolute atomic E-state index is 0.122. The van der Waals surface area contributed by atoms with Gasteiger partial charge in [0, 0.05) is 36.9 Å². The van der Waals surface area contributed by atoms with Crippen LogP contribution in [0.5, 0.6) is 0 Å². The fourth-order valence-electron chi connectivity index (χ4n) is 3.78. The lowest BCUT2D eigenvalue weighted by atomic mass is 10.0. The summed E-state index contributed by atoms with van der Waals surface area (Å²) in [6, 6.07) is 14.4. The number of rotatable bonds is 7. The molecule has 0 amide bonds. The molecule has 4 aromatic rings. The normalized spacial score (nSPS) is 12.4. The molecule has 182 valence electrons. The molecule has 0 aliphatic heterocycles. The molecule has 2 heterocycles. The number of sulfonamides is 1. The Morgan fingerprint density at radius 1 is 0.914 bits per heavy atom. The van der Waals surface area contributed by atoms with E-state index in [4.69, 9.17) is 4.42 Å². The molecule has 10 heteroatoms. The van der Waals surface area contributed by atoms with Crippen LogP contribution in [0.15, 0.2) is 87.2 Å². The Morgan fingerprint density at radius 2 is 1.57 bits per heavy atom. The number of fused-ring (bicyclic) bond motifs is 1. The third-order valence-electron chi connectivity index (χ3n) is 5.54. The van der Waals surface area contributed by atoms with E-state index >= 15 is 0 Å². The number of alkyl halides is 3. The van der Waals surface area contributed by atoms with E-state index in [0.29, 0.717) is 17.2 Å². The standard InChI is InChI=1S/C25H21F3N2O4S/c1-2-30(16-18-9-11-29-12-10-18)35(32,33)20-6-3-17(4-7-20)13-19-5-8-23-21(14-19)22(25(26,27)28)15-24(31)34-23/h3-12,14-15H,2,13,16H2,1H3. The van der Waals surface area contributed by atoms with Crippen LogP contribution in [0.1, 0.15) is 29.2 Å². The van der Waals surface area contributed by atoms with Crippen LogP contribution < -0.4 is 5.63 Å². The Kier molecular flexibility index (Phi) is 6.77. The molecule has 0 saturated carbocycles. The van der Waals surface area contributed by atoms with Crippen molar-refractivity contribution in [1.29, 1.82) is 0 Å². The van der Waals surface area contributed by atoms with E-state index in [1.54, 1.807) is 49.6 Å². The van der Waals surface area contributed by atoms with Crippen LogP contribution in [-0.2, 0) is 29.2 Å². The van der Waals surface area contributed by atoms with Gasteiger partial charge in [-0.3, -0.25) is 4.98 Å². The van der Waals surface area contributed by atoms with Crippen molar-refractivity contribution in [3.8, 4) is 0 Å². The summed E-state index contributed by atoms with van der Waals surface area (Å²) in [5.41, 5.74) is -0.191. The summed E-state index contributed by atoms with van der Waals surface area (Å²) in [4.78, 5) is 15.5. The van der Waals surface area contributed by atoms with Crippen LogP contribution in [0.4, 0.5) is 13.2 Å². The molecule has 0 fully saturated rings. The molecular weight excluding hydrogens is 481 g/mol. The first-order chi connectivity index (χ1) is 16.6. The van der Waals surface area contributed by atoms with Gasteiger partial charge in [-0.05, 0) is 59.5 Å². The molecule has 4 rings (SSSR count). The maximum absolute atomic E-state index is 13.4. The highest BCUT2D eigenvalue weighted by Gasteiger charge is 2.34. The molecule has 35 heavy (non-hydrogen) atoms. The highest BCUT2D eigenvalue weighted by molar-refractivity contribution is 7.89. The molecule has 0 saturated heterocycles. The van der Waals surface area contributed by atoms with Crippen molar-refractivity contribution in [1.82, 2.24) is 9.29 Å². The number of hydrogen-bond acceptors (Lipinski definition) is 5. The van der Waals surface area contributed by atoms with Crippen molar-refractivity contribution >= 4 is 21.0 Å². The monoisotopic (exact) mass is 502 g/mol. The fourth-order valence-corrected chi connectivity index (χ4v) is 5.21. The van der Waals surface area contributed by atoms with Gasteiger partial charge in [-0.15, -0.1) is 0 Å². The van der Waals surface area contributed by atoms with Crippen LogP contribution >= 0.6 is 0 Å². The zero-order valence-corrected chi connectivity index (χ0v) is 19.4. The summed E-state index contributed by atoms with van der Waals surface area (Å²) < 4.78 is 72.7. The molecule has 0 radical (unpaired) electrons. The molecule has 0 unspecified atom stereocenters. The Balaban J connectivity index is 1.58. The topological polar surface area (TPSA) is 80.5 Å². The van der Waals surface area contributed by atoms with Crippen molar-refractivity contribution in [3.63, 3.8) is 0 Å². The second-order valence-electron chi connectivity index (χ2n) is 7.91. The number of pyridine rings is 1. The summed E-state index contributed by atoms with van der Waals surface area (Å²) in [7, 11) is -3.75. The van der Waals surface area contributed by atoms with Gasteiger partial charge in [-0.25, -0.2) is 13.2 Å². The molecule has 0 aliphatic carbocycles. The Hall–Kier alpha value is -3.50. The summed E-state index contributed by atoms with van der Waals surface area (Å²) in [5, 5.41) is -0.205. The third kappa shape index (κ3) is 5.44. The largest absolute Gasteiger partial charge is 0.423 e. The molecule has 0 spiro atoms. The van der Waals surface area contributed by atoms with Gasteiger partial charge < -0.3 is 4.42 Å². The predicted molar refractivity (Wildman–Crippen MR) is 124 cm³/mol. The van der Waals surface area contributed by atoms with E-state index < -0.39 is 27.4 Å². The second kappa shape index (κ2) is 9.63. The van der Waals surface area contributed by atoms with E-state index in [0.717, 1.165) is 5.56 Å². The SMILES string of the molecule is CCN(Cc1ccncc1)S(=O)(=O)c1ccc(Cc2ccc3oc(=O)cc(C(F)(F)F)c3c2)cc1. The Morgan fingerprint density at radius 3 is 2.20 bits per heavy atom. The van der Waals surface area contributed by atoms with E-state index in [-0.39, 0.29) is 35.4 Å². The molecule has 0 aliphatic rings. The minimum Gasteiger partial charge on any atom is -0.423 e. The molecule has 6 nitrogen and oxygen atoms in total. The lowest BCUT2D eigenvalue weighted by molar-refractivity contribution is -0.136. The average Bonchev–Trinajstić information content (AvgIpc) is 2.82. The van der Waals surface area contributed by atoms with Gasteiger partial charge in [0.2, 0.25) is 10.0 Å². The first-order valence-electron chi connectivity index (χ1n) is 10.7. The highest BCUT2D eigenvalue weighted by atomic mass is 32.2. The van der Waals surface area contributed by atoms with Crippen LogP contribution in [-0.4, -0.2) is 24.3 Å². The summed E-state index contributed by atoms with van der Waals surface area (Å²) >= 11 is 0. The lowest BCUT2D eigenvalue weighted by Crippen LogP contribution is -2.30. The average molecular weight is 503 g/mol. The van der Waals surface area contributed by atoms with Crippen molar-refractivity contribution in [2.24, 2.45) is 0 Å². The molecule has 0 atom stereocenters. The van der Waals surface area contributed by atoms with Crippen molar-refractivity contribution in [2.75, 3.05) is 6.54 Å². The quantitative estimate of drug-likeness (QED) is 0.332. The number of aromatic nitrogens is 1. The van der Waals surface area contributed by atoms with Gasteiger partial charge in [0.1, 0.15) is 5.58 Å². The Labute approximate surface area is 199 Å². The molecule has 2 aromatic carbocycles. The number of benzene rings is 2. The number of nitrogens with zero attached hydrogens (tertiary/aromatic N) is 2.